The predicted molar refractivity (Wildman–Crippen MR) is 64.8 cm³/mol. The Labute approximate surface area is 98.5 Å². The topological polar surface area (TPSA) is 59.8 Å². The molecule has 0 amide bonds. The van der Waals surface area contributed by atoms with Crippen LogP contribution in [0.25, 0.3) is 10.9 Å². The average Bonchev–Trinajstić information content (AvgIpc) is 2.87. The van der Waals surface area contributed by atoms with Gasteiger partial charge in [-0.05, 0) is 25.5 Å². The van der Waals surface area contributed by atoms with E-state index in [1.54, 1.807) is 30.1 Å². The quantitative estimate of drug-likeness (QED) is 0.785. The van der Waals surface area contributed by atoms with Crippen molar-refractivity contribution in [1.82, 2.24) is 19.9 Å². The largest absolute Gasteiger partial charge is 0.307 e. The second kappa shape index (κ2) is 3.92. The van der Waals surface area contributed by atoms with Crippen molar-refractivity contribution in [3.63, 3.8) is 0 Å². The Balaban J connectivity index is 2.25. The van der Waals surface area contributed by atoms with E-state index < -0.39 is 0 Å². The number of pyridine rings is 1. The summed E-state index contributed by atoms with van der Waals surface area (Å²) in [5.74, 6) is 0.825. The van der Waals surface area contributed by atoms with Crippen LogP contribution in [0.4, 0.5) is 0 Å². The predicted octanol–water partition coefficient (Wildman–Crippen LogP) is 0.753. The highest BCUT2D eigenvalue weighted by atomic mass is 16.1. The lowest BCUT2D eigenvalue weighted by molar-refractivity contribution is 0.564. The van der Waals surface area contributed by atoms with Gasteiger partial charge < -0.3 is 5.32 Å². The molecule has 0 aliphatic carbocycles. The van der Waals surface area contributed by atoms with E-state index in [4.69, 9.17) is 0 Å². The maximum atomic E-state index is 12.2. The highest BCUT2D eigenvalue weighted by Gasteiger charge is 2.21. The highest BCUT2D eigenvalue weighted by Crippen LogP contribution is 2.21. The first-order valence-corrected chi connectivity index (χ1v) is 5.81. The summed E-state index contributed by atoms with van der Waals surface area (Å²) in [6.07, 6.45) is 5.42. The van der Waals surface area contributed by atoms with Crippen molar-refractivity contribution in [3.05, 3.63) is 34.6 Å². The van der Waals surface area contributed by atoms with Crippen molar-refractivity contribution < 1.29 is 0 Å². The van der Waals surface area contributed by atoms with Crippen LogP contribution in [0.2, 0.25) is 0 Å². The molecule has 1 saturated heterocycles. The Morgan fingerprint density at radius 1 is 1.53 bits per heavy atom. The van der Waals surface area contributed by atoms with E-state index in [2.05, 4.69) is 15.3 Å². The summed E-state index contributed by atoms with van der Waals surface area (Å²) in [7, 11) is 1.77. The zero-order valence-electron chi connectivity index (χ0n) is 9.68. The molecule has 3 heterocycles. The van der Waals surface area contributed by atoms with Crippen LogP contribution in [-0.4, -0.2) is 21.1 Å². The average molecular weight is 230 g/mol. The summed E-state index contributed by atoms with van der Waals surface area (Å²) >= 11 is 0. The molecule has 0 aromatic carbocycles. The minimum atomic E-state index is -0.0215. The molecule has 0 saturated carbocycles. The van der Waals surface area contributed by atoms with E-state index in [1.165, 1.54) is 0 Å². The molecule has 5 heteroatoms. The van der Waals surface area contributed by atoms with Gasteiger partial charge in [0.2, 0.25) is 0 Å². The van der Waals surface area contributed by atoms with Crippen LogP contribution in [0.5, 0.6) is 0 Å². The molecule has 3 rings (SSSR count). The molecule has 1 N–H and O–H groups in total. The number of nitrogens with one attached hydrogen (secondary N) is 1. The Hall–Kier alpha value is -1.75. The van der Waals surface area contributed by atoms with Gasteiger partial charge in [-0.3, -0.25) is 14.3 Å². The van der Waals surface area contributed by atoms with E-state index in [0.29, 0.717) is 5.39 Å². The van der Waals surface area contributed by atoms with Crippen molar-refractivity contribution in [2.45, 2.75) is 18.9 Å². The van der Waals surface area contributed by atoms with Crippen LogP contribution < -0.4 is 10.9 Å². The van der Waals surface area contributed by atoms with E-state index in [9.17, 15) is 4.79 Å². The molecule has 0 bridgehead atoms. The summed E-state index contributed by atoms with van der Waals surface area (Å²) in [5.41, 5.74) is 0.707. The zero-order valence-corrected chi connectivity index (χ0v) is 9.68. The van der Waals surface area contributed by atoms with E-state index in [1.807, 2.05) is 0 Å². The number of aromatic nitrogens is 3. The Bertz CT molecular complexity index is 613. The van der Waals surface area contributed by atoms with Gasteiger partial charge in [0, 0.05) is 19.4 Å². The third kappa shape index (κ3) is 1.63. The zero-order chi connectivity index (χ0) is 11.8. The second-order valence-corrected chi connectivity index (χ2v) is 4.38. The molecule has 5 nitrogen and oxygen atoms in total. The smallest absolute Gasteiger partial charge is 0.262 e. The standard InChI is InChI=1S/C12H14N4O/c1-16-11(10-3-2-5-14-10)15-9-4-6-13-7-8(9)12(16)17/h4,6-7,10,14H,2-3,5H2,1H3. The molecule has 0 spiro atoms. The lowest BCUT2D eigenvalue weighted by Gasteiger charge is -2.14. The monoisotopic (exact) mass is 230 g/mol. The number of hydrogen-bond donors (Lipinski definition) is 1. The summed E-state index contributed by atoms with van der Waals surface area (Å²) in [5, 5.41) is 3.95. The van der Waals surface area contributed by atoms with Crippen molar-refractivity contribution in [1.29, 1.82) is 0 Å². The third-order valence-corrected chi connectivity index (χ3v) is 3.28. The Morgan fingerprint density at radius 2 is 2.41 bits per heavy atom. The molecule has 2 aromatic rings. The molecule has 1 aliphatic rings. The number of hydrogen-bond acceptors (Lipinski definition) is 4. The van der Waals surface area contributed by atoms with Gasteiger partial charge >= 0.3 is 0 Å². The highest BCUT2D eigenvalue weighted by molar-refractivity contribution is 5.76. The van der Waals surface area contributed by atoms with Gasteiger partial charge in [-0.15, -0.1) is 0 Å². The lowest BCUT2D eigenvalue weighted by Crippen LogP contribution is -2.27. The fourth-order valence-corrected chi connectivity index (χ4v) is 2.35. The van der Waals surface area contributed by atoms with E-state index >= 15 is 0 Å². The van der Waals surface area contributed by atoms with Crippen LogP contribution in [0.15, 0.2) is 23.3 Å². The maximum absolute atomic E-state index is 12.2. The van der Waals surface area contributed by atoms with Gasteiger partial charge in [-0.25, -0.2) is 4.98 Å². The minimum Gasteiger partial charge on any atom is -0.307 e. The van der Waals surface area contributed by atoms with Crippen molar-refractivity contribution in [2.75, 3.05) is 6.54 Å². The summed E-state index contributed by atoms with van der Waals surface area (Å²) in [6.45, 7) is 0.995. The SMILES string of the molecule is Cn1c(C2CCCN2)nc2ccncc2c1=O. The van der Waals surface area contributed by atoms with Gasteiger partial charge in [0.05, 0.1) is 16.9 Å². The fraction of sp³-hybridized carbons (Fsp3) is 0.417. The van der Waals surface area contributed by atoms with Crippen LogP contribution in [-0.2, 0) is 7.05 Å². The summed E-state index contributed by atoms with van der Waals surface area (Å²) < 4.78 is 1.63. The lowest BCUT2D eigenvalue weighted by atomic mass is 10.2. The Morgan fingerprint density at radius 3 is 3.18 bits per heavy atom. The Kier molecular flexibility index (Phi) is 2.40. The van der Waals surface area contributed by atoms with Gasteiger partial charge in [-0.1, -0.05) is 0 Å². The third-order valence-electron chi connectivity index (χ3n) is 3.28. The number of rotatable bonds is 1. The number of nitrogens with zero attached hydrogens (tertiary/aromatic N) is 3. The van der Waals surface area contributed by atoms with E-state index in [-0.39, 0.29) is 11.6 Å². The first-order chi connectivity index (χ1) is 8.27. The first kappa shape index (κ1) is 10.4. The molecule has 1 aliphatic heterocycles. The molecule has 1 fully saturated rings. The maximum Gasteiger partial charge on any atom is 0.262 e. The van der Waals surface area contributed by atoms with Crippen molar-refractivity contribution in [3.8, 4) is 0 Å². The normalized spacial score (nSPS) is 19.9. The van der Waals surface area contributed by atoms with Gasteiger partial charge in [0.1, 0.15) is 5.82 Å². The van der Waals surface area contributed by atoms with Crippen LogP contribution in [0.3, 0.4) is 0 Å². The van der Waals surface area contributed by atoms with Gasteiger partial charge in [0.15, 0.2) is 0 Å². The molecule has 1 atom stereocenters. The molecule has 88 valence electrons. The molecule has 1 unspecified atom stereocenters. The van der Waals surface area contributed by atoms with Crippen LogP contribution >= 0.6 is 0 Å². The first-order valence-electron chi connectivity index (χ1n) is 5.81. The molecule has 17 heavy (non-hydrogen) atoms. The fourth-order valence-electron chi connectivity index (χ4n) is 2.35. The second-order valence-electron chi connectivity index (χ2n) is 4.38. The summed E-state index contributed by atoms with van der Waals surface area (Å²) in [6, 6.07) is 1.99. The number of fused-ring (bicyclic) bond motifs is 1. The van der Waals surface area contributed by atoms with Crippen molar-refractivity contribution >= 4 is 10.9 Å². The van der Waals surface area contributed by atoms with Gasteiger partial charge in [-0.2, -0.15) is 0 Å². The van der Waals surface area contributed by atoms with Gasteiger partial charge in [0.25, 0.3) is 5.56 Å². The molecular formula is C12H14N4O. The molecular weight excluding hydrogens is 216 g/mol. The minimum absolute atomic E-state index is 0.0215. The summed E-state index contributed by atoms with van der Waals surface area (Å²) in [4.78, 5) is 20.7. The van der Waals surface area contributed by atoms with E-state index in [0.717, 1.165) is 30.7 Å². The van der Waals surface area contributed by atoms with Crippen molar-refractivity contribution in [2.24, 2.45) is 7.05 Å². The van der Waals surface area contributed by atoms with Crippen LogP contribution in [0, 0.1) is 0 Å². The van der Waals surface area contributed by atoms with Crippen LogP contribution in [0.1, 0.15) is 24.7 Å². The molecule has 0 radical (unpaired) electrons. The molecule has 2 aromatic heterocycles.